The number of anilines is 3. The van der Waals surface area contributed by atoms with E-state index in [1.807, 2.05) is 12.1 Å². The number of hydrogen-bond donors (Lipinski definition) is 3. The quantitative estimate of drug-likeness (QED) is 0.454. The fourth-order valence-corrected chi connectivity index (χ4v) is 3.90. The van der Waals surface area contributed by atoms with Gasteiger partial charge in [0.2, 0.25) is 10.0 Å². The molecule has 3 aromatic carbocycles. The van der Waals surface area contributed by atoms with Crippen LogP contribution in [0.3, 0.4) is 0 Å². The van der Waals surface area contributed by atoms with E-state index in [0.29, 0.717) is 33.8 Å². The second-order valence-electron chi connectivity index (χ2n) is 9.22. The van der Waals surface area contributed by atoms with Gasteiger partial charge in [0.25, 0.3) is 11.8 Å². The van der Waals surface area contributed by atoms with Crippen molar-refractivity contribution >= 4 is 38.9 Å². The number of nitrogens with one attached hydrogen (secondary N) is 3. The number of amides is 2. The molecule has 0 bridgehead atoms. The van der Waals surface area contributed by atoms with Crippen molar-refractivity contribution in [1.29, 1.82) is 0 Å². The van der Waals surface area contributed by atoms with Gasteiger partial charge in [-0.3, -0.25) is 14.3 Å². The molecule has 0 aliphatic carbocycles. The lowest BCUT2D eigenvalue weighted by molar-refractivity contribution is 0.101. The normalized spacial score (nSPS) is 11.6. The highest BCUT2D eigenvalue weighted by Crippen LogP contribution is 2.23. The van der Waals surface area contributed by atoms with Gasteiger partial charge in [0, 0.05) is 22.5 Å². The standard InChI is InChI=1S/C26H29N3O4S/c1-17-9-10-19(15-23(17)29-34(5,32)33)25(31)28-22-8-6-7-21(16-22)27-24(30)18-11-13-20(14-12-18)26(2,3)4/h6-16,29H,1-5H3,(H,27,30)(H,28,31). The average molecular weight is 480 g/mol. The van der Waals surface area contributed by atoms with Crippen LogP contribution in [0.4, 0.5) is 17.1 Å². The molecule has 3 rings (SSSR count). The summed E-state index contributed by atoms with van der Waals surface area (Å²) in [6.07, 6.45) is 1.05. The molecule has 3 aromatic rings. The molecule has 8 heteroatoms. The Hall–Kier alpha value is -3.65. The van der Waals surface area contributed by atoms with E-state index in [0.717, 1.165) is 11.8 Å². The van der Waals surface area contributed by atoms with Crippen molar-refractivity contribution in [3.05, 3.63) is 89.0 Å². The molecule has 7 nitrogen and oxygen atoms in total. The number of carbonyl (C=O) groups excluding carboxylic acids is 2. The van der Waals surface area contributed by atoms with Crippen LogP contribution < -0.4 is 15.4 Å². The van der Waals surface area contributed by atoms with Gasteiger partial charge < -0.3 is 10.6 Å². The first-order valence-corrected chi connectivity index (χ1v) is 12.6. The maximum atomic E-state index is 12.7. The van der Waals surface area contributed by atoms with Gasteiger partial charge in [0.05, 0.1) is 11.9 Å². The molecule has 34 heavy (non-hydrogen) atoms. The molecule has 2 amide bonds. The van der Waals surface area contributed by atoms with Crippen LogP contribution in [-0.2, 0) is 15.4 Å². The monoisotopic (exact) mass is 479 g/mol. The van der Waals surface area contributed by atoms with Crippen molar-refractivity contribution in [3.8, 4) is 0 Å². The smallest absolute Gasteiger partial charge is 0.255 e. The highest BCUT2D eigenvalue weighted by molar-refractivity contribution is 7.92. The summed E-state index contributed by atoms with van der Waals surface area (Å²) in [6, 6.07) is 19.1. The van der Waals surface area contributed by atoms with Crippen LogP contribution in [0, 0.1) is 6.92 Å². The summed E-state index contributed by atoms with van der Waals surface area (Å²) in [4.78, 5) is 25.4. The number of rotatable bonds is 6. The molecule has 178 valence electrons. The molecule has 0 atom stereocenters. The Kier molecular flexibility index (Phi) is 7.12. The third-order valence-corrected chi connectivity index (χ3v) is 5.78. The van der Waals surface area contributed by atoms with Crippen molar-refractivity contribution in [2.24, 2.45) is 0 Å². The highest BCUT2D eigenvalue weighted by atomic mass is 32.2. The summed E-state index contributed by atoms with van der Waals surface area (Å²) in [5.74, 6) is -0.656. The van der Waals surface area contributed by atoms with Crippen molar-refractivity contribution in [1.82, 2.24) is 0 Å². The van der Waals surface area contributed by atoms with Crippen LogP contribution in [0.15, 0.2) is 66.7 Å². The molecule has 0 radical (unpaired) electrons. The molecule has 0 saturated carbocycles. The second kappa shape index (κ2) is 9.69. The van der Waals surface area contributed by atoms with E-state index in [2.05, 4.69) is 36.1 Å². The summed E-state index contributed by atoms with van der Waals surface area (Å²) < 4.78 is 25.5. The van der Waals surface area contributed by atoms with Crippen molar-refractivity contribution in [2.45, 2.75) is 33.1 Å². The lowest BCUT2D eigenvalue weighted by atomic mass is 9.87. The minimum absolute atomic E-state index is 0.000613. The number of sulfonamides is 1. The second-order valence-corrected chi connectivity index (χ2v) is 11.0. The third kappa shape index (κ3) is 6.68. The predicted octanol–water partition coefficient (Wildman–Crippen LogP) is 5.17. The largest absolute Gasteiger partial charge is 0.322 e. The van der Waals surface area contributed by atoms with Crippen LogP contribution in [-0.4, -0.2) is 26.5 Å². The zero-order chi connectivity index (χ0) is 25.1. The molecule has 0 saturated heterocycles. The van der Waals surface area contributed by atoms with E-state index in [1.54, 1.807) is 55.5 Å². The number of aryl methyl sites for hydroxylation is 1. The van der Waals surface area contributed by atoms with Gasteiger partial charge in [-0.1, -0.05) is 45.0 Å². The van der Waals surface area contributed by atoms with E-state index in [4.69, 9.17) is 0 Å². The maximum Gasteiger partial charge on any atom is 0.255 e. The summed E-state index contributed by atoms with van der Waals surface area (Å²) in [7, 11) is -3.47. The molecule has 3 N–H and O–H groups in total. The minimum atomic E-state index is -3.47. The number of benzene rings is 3. The van der Waals surface area contributed by atoms with Gasteiger partial charge in [-0.15, -0.1) is 0 Å². The molecule has 0 spiro atoms. The highest BCUT2D eigenvalue weighted by Gasteiger charge is 2.15. The lowest BCUT2D eigenvalue weighted by Gasteiger charge is -2.19. The Labute approximate surface area is 200 Å². The third-order valence-electron chi connectivity index (χ3n) is 5.19. The molecule has 0 unspecified atom stereocenters. The first-order valence-electron chi connectivity index (χ1n) is 10.7. The van der Waals surface area contributed by atoms with Gasteiger partial charge in [-0.25, -0.2) is 8.42 Å². The topological polar surface area (TPSA) is 104 Å². The Balaban J connectivity index is 1.71. The Morgan fingerprint density at radius 3 is 1.82 bits per heavy atom. The summed E-state index contributed by atoms with van der Waals surface area (Å²) >= 11 is 0. The van der Waals surface area contributed by atoms with Crippen LogP contribution in [0.2, 0.25) is 0 Å². The fraction of sp³-hybridized carbons (Fsp3) is 0.231. The summed E-state index contributed by atoms with van der Waals surface area (Å²) in [6.45, 7) is 8.09. The molecule has 0 aromatic heterocycles. The summed E-state index contributed by atoms with van der Waals surface area (Å²) in [5, 5.41) is 5.62. The zero-order valence-electron chi connectivity index (χ0n) is 19.9. The molecule has 0 aliphatic rings. The Bertz CT molecular complexity index is 1320. The van der Waals surface area contributed by atoms with Crippen LogP contribution in [0.5, 0.6) is 0 Å². The first-order chi connectivity index (χ1) is 15.8. The van der Waals surface area contributed by atoms with Crippen LogP contribution in [0.25, 0.3) is 0 Å². The molecule has 0 heterocycles. The minimum Gasteiger partial charge on any atom is -0.322 e. The van der Waals surface area contributed by atoms with Crippen molar-refractivity contribution in [3.63, 3.8) is 0 Å². The van der Waals surface area contributed by atoms with E-state index in [1.165, 1.54) is 6.07 Å². The lowest BCUT2D eigenvalue weighted by Crippen LogP contribution is -2.16. The predicted molar refractivity (Wildman–Crippen MR) is 137 cm³/mol. The van der Waals surface area contributed by atoms with Gasteiger partial charge in [-0.2, -0.15) is 0 Å². The fourth-order valence-electron chi connectivity index (χ4n) is 3.28. The van der Waals surface area contributed by atoms with E-state index in [-0.39, 0.29) is 11.3 Å². The molecule has 0 fully saturated rings. The van der Waals surface area contributed by atoms with Gasteiger partial charge in [-0.05, 0) is 65.9 Å². The van der Waals surface area contributed by atoms with Gasteiger partial charge in [0.15, 0.2) is 0 Å². The van der Waals surface area contributed by atoms with E-state index in [9.17, 15) is 18.0 Å². The van der Waals surface area contributed by atoms with Gasteiger partial charge in [0.1, 0.15) is 0 Å². The summed E-state index contributed by atoms with van der Waals surface area (Å²) in [5.41, 5.74) is 4.03. The van der Waals surface area contributed by atoms with Crippen LogP contribution in [0.1, 0.15) is 52.6 Å². The number of hydrogen-bond acceptors (Lipinski definition) is 4. The molecular formula is C26H29N3O4S. The maximum absolute atomic E-state index is 12.7. The Morgan fingerprint density at radius 2 is 1.29 bits per heavy atom. The van der Waals surface area contributed by atoms with E-state index >= 15 is 0 Å². The Morgan fingerprint density at radius 1 is 0.765 bits per heavy atom. The first kappa shape index (κ1) is 25.0. The number of carbonyl (C=O) groups is 2. The molecule has 0 aliphatic heterocycles. The molecular weight excluding hydrogens is 450 g/mol. The SMILES string of the molecule is Cc1ccc(C(=O)Nc2cccc(NC(=O)c3ccc(C(C)(C)C)cc3)c2)cc1NS(C)(=O)=O. The van der Waals surface area contributed by atoms with Gasteiger partial charge >= 0.3 is 0 Å². The van der Waals surface area contributed by atoms with Crippen molar-refractivity contribution < 1.29 is 18.0 Å². The van der Waals surface area contributed by atoms with Crippen molar-refractivity contribution in [2.75, 3.05) is 21.6 Å². The zero-order valence-corrected chi connectivity index (χ0v) is 20.7. The van der Waals surface area contributed by atoms with E-state index < -0.39 is 15.9 Å². The average Bonchev–Trinajstić information content (AvgIpc) is 2.74. The van der Waals surface area contributed by atoms with Crippen LogP contribution >= 0.6 is 0 Å².